The molecule has 0 bridgehead atoms. The molecule has 0 saturated carbocycles. The number of aliphatic hydroxyl groups is 1. The molecule has 0 aromatic heterocycles. The van der Waals surface area contributed by atoms with Gasteiger partial charge in [0, 0.05) is 0 Å². The van der Waals surface area contributed by atoms with Crippen LogP contribution >= 0.6 is 0 Å². The van der Waals surface area contributed by atoms with E-state index in [-0.39, 0.29) is 11.5 Å². The predicted molar refractivity (Wildman–Crippen MR) is 69.7 cm³/mol. The molecule has 1 atom stereocenters. The van der Waals surface area contributed by atoms with Crippen molar-refractivity contribution in [1.82, 2.24) is 0 Å². The Labute approximate surface area is 99.5 Å². The summed E-state index contributed by atoms with van der Waals surface area (Å²) < 4.78 is 0. The van der Waals surface area contributed by atoms with Crippen LogP contribution in [-0.4, -0.2) is 11.2 Å². The van der Waals surface area contributed by atoms with Crippen LogP contribution in [0.15, 0.2) is 18.2 Å². The van der Waals surface area contributed by atoms with Crippen molar-refractivity contribution in [2.24, 2.45) is 5.41 Å². The van der Waals surface area contributed by atoms with E-state index in [2.05, 4.69) is 52.8 Å². The fourth-order valence-electron chi connectivity index (χ4n) is 1.98. The van der Waals surface area contributed by atoms with Crippen molar-refractivity contribution >= 4 is 0 Å². The normalized spacial score (nSPS) is 13.9. The molecule has 0 aliphatic rings. The average Bonchev–Trinajstić information content (AvgIpc) is 2.08. The molecule has 0 heterocycles. The van der Waals surface area contributed by atoms with Gasteiger partial charge in [-0.3, -0.25) is 0 Å². The Morgan fingerprint density at radius 2 is 1.75 bits per heavy atom. The number of rotatable bonds is 3. The molecule has 0 amide bonds. The van der Waals surface area contributed by atoms with Gasteiger partial charge in [0.1, 0.15) is 0 Å². The van der Waals surface area contributed by atoms with Crippen LogP contribution in [0.5, 0.6) is 0 Å². The monoisotopic (exact) mass is 220 g/mol. The topological polar surface area (TPSA) is 20.2 Å². The number of aliphatic hydroxyl groups excluding tert-OH is 1. The first kappa shape index (κ1) is 13.2. The molecule has 0 aliphatic carbocycles. The quantitative estimate of drug-likeness (QED) is 0.824. The Morgan fingerprint density at radius 1 is 1.12 bits per heavy atom. The van der Waals surface area contributed by atoms with Crippen LogP contribution in [0.1, 0.15) is 43.9 Å². The second kappa shape index (κ2) is 5.01. The minimum absolute atomic E-state index is 0.194. The number of hydrogen-bond acceptors (Lipinski definition) is 1. The summed E-state index contributed by atoms with van der Waals surface area (Å²) in [6.45, 7) is 10.7. The summed E-state index contributed by atoms with van der Waals surface area (Å²) in [4.78, 5) is 0. The molecule has 1 heteroatoms. The van der Waals surface area contributed by atoms with Crippen LogP contribution < -0.4 is 0 Å². The molecule has 0 spiro atoms. The minimum atomic E-state index is -0.234. The standard InChI is InChI=1S/C15H24O/c1-11-6-7-13(8-12(11)2)9-14(16)10-15(3,4)5/h6-8,14,16H,9-10H2,1-5H3. The van der Waals surface area contributed by atoms with Gasteiger partial charge in [-0.1, -0.05) is 39.0 Å². The van der Waals surface area contributed by atoms with E-state index in [4.69, 9.17) is 0 Å². The van der Waals surface area contributed by atoms with E-state index in [0.717, 1.165) is 12.8 Å². The highest BCUT2D eigenvalue weighted by Gasteiger charge is 2.16. The van der Waals surface area contributed by atoms with Gasteiger partial charge in [-0.2, -0.15) is 0 Å². The molecule has 0 aliphatic heterocycles. The van der Waals surface area contributed by atoms with E-state index >= 15 is 0 Å². The van der Waals surface area contributed by atoms with Crippen molar-refractivity contribution in [3.63, 3.8) is 0 Å². The molecule has 1 N–H and O–H groups in total. The van der Waals surface area contributed by atoms with Crippen molar-refractivity contribution in [1.29, 1.82) is 0 Å². The van der Waals surface area contributed by atoms with Crippen molar-refractivity contribution < 1.29 is 5.11 Å². The van der Waals surface area contributed by atoms with E-state index in [1.54, 1.807) is 0 Å². The van der Waals surface area contributed by atoms with Crippen LogP contribution in [0.2, 0.25) is 0 Å². The zero-order valence-electron chi connectivity index (χ0n) is 11.2. The molecule has 0 fully saturated rings. The van der Waals surface area contributed by atoms with E-state index in [0.29, 0.717) is 0 Å². The summed E-state index contributed by atoms with van der Waals surface area (Å²) in [7, 11) is 0. The summed E-state index contributed by atoms with van der Waals surface area (Å²) in [5.74, 6) is 0. The Hall–Kier alpha value is -0.820. The van der Waals surface area contributed by atoms with Crippen LogP contribution in [0.4, 0.5) is 0 Å². The van der Waals surface area contributed by atoms with E-state index in [1.165, 1.54) is 16.7 Å². The summed E-state index contributed by atoms with van der Waals surface area (Å²) in [6, 6.07) is 6.43. The zero-order valence-corrected chi connectivity index (χ0v) is 11.2. The lowest BCUT2D eigenvalue weighted by Gasteiger charge is -2.22. The van der Waals surface area contributed by atoms with Crippen molar-refractivity contribution in [3.8, 4) is 0 Å². The van der Waals surface area contributed by atoms with Gasteiger partial charge in [-0.15, -0.1) is 0 Å². The number of aryl methyl sites for hydroxylation is 2. The van der Waals surface area contributed by atoms with Gasteiger partial charge < -0.3 is 5.11 Å². The van der Waals surface area contributed by atoms with Crippen LogP contribution in [-0.2, 0) is 6.42 Å². The number of benzene rings is 1. The average molecular weight is 220 g/mol. The first-order valence-corrected chi connectivity index (χ1v) is 6.02. The van der Waals surface area contributed by atoms with Gasteiger partial charge in [0.15, 0.2) is 0 Å². The number of hydrogen-bond donors (Lipinski definition) is 1. The molecule has 1 aromatic rings. The molecular weight excluding hydrogens is 196 g/mol. The van der Waals surface area contributed by atoms with Crippen molar-refractivity contribution in [2.45, 2.75) is 53.6 Å². The summed E-state index contributed by atoms with van der Waals surface area (Å²) in [6.07, 6.45) is 1.38. The highest BCUT2D eigenvalue weighted by atomic mass is 16.3. The third kappa shape index (κ3) is 4.36. The van der Waals surface area contributed by atoms with E-state index < -0.39 is 0 Å². The van der Waals surface area contributed by atoms with E-state index in [9.17, 15) is 5.11 Å². The largest absolute Gasteiger partial charge is 0.393 e. The summed E-state index contributed by atoms with van der Waals surface area (Å²) >= 11 is 0. The maximum atomic E-state index is 10.00. The maximum Gasteiger partial charge on any atom is 0.0585 e. The SMILES string of the molecule is Cc1ccc(CC(O)CC(C)(C)C)cc1C. The van der Waals surface area contributed by atoms with Crippen LogP contribution in [0, 0.1) is 19.3 Å². The fraction of sp³-hybridized carbons (Fsp3) is 0.600. The van der Waals surface area contributed by atoms with Gasteiger partial charge in [0.2, 0.25) is 0 Å². The van der Waals surface area contributed by atoms with Crippen LogP contribution in [0.3, 0.4) is 0 Å². The maximum absolute atomic E-state index is 10.00. The Morgan fingerprint density at radius 3 is 2.25 bits per heavy atom. The first-order chi connectivity index (χ1) is 7.28. The van der Waals surface area contributed by atoms with Crippen molar-refractivity contribution in [3.05, 3.63) is 34.9 Å². The highest BCUT2D eigenvalue weighted by Crippen LogP contribution is 2.23. The lowest BCUT2D eigenvalue weighted by atomic mass is 9.87. The Kier molecular flexibility index (Phi) is 4.15. The van der Waals surface area contributed by atoms with Crippen LogP contribution in [0.25, 0.3) is 0 Å². The molecule has 0 saturated heterocycles. The third-order valence-electron chi connectivity index (χ3n) is 2.89. The highest BCUT2D eigenvalue weighted by molar-refractivity contribution is 5.30. The zero-order chi connectivity index (χ0) is 12.3. The lowest BCUT2D eigenvalue weighted by Crippen LogP contribution is -2.19. The van der Waals surface area contributed by atoms with E-state index in [1.807, 2.05) is 0 Å². The minimum Gasteiger partial charge on any atom is -0.393 e. The molecule has 90 valence electrons. The van der Waals surface area contributed by atoms with Gasteiger partial charge >= 0.3 is 0 Å². The smallest absolute Gasteiger partial charge is 0.0585 e. The van der Waals surface area contributed by atoms with Gasteiger partial charge in [0.25, 0.3) is 0 Å². The predicted octanol–water partition coefficient (Wildman–Crippen LogP) is 3.64. The summed E-state index contributed by atoms with van der Waals surface area (Å²) in [5.41, 5.74) is 4.05. The second-order valence-electron chi connectivity index (χ2n) is 6.04. The molecule has 16 heavy (non-hydrogen) atoms. The molecule has 1 aromatic carbocycles. The molecule has 1 unspecified atom stereocenters. The summed E-state index contributed by atoms with van der Waals surface area (Å²) in [5, 5.41) is 10.00. The molecule has 0 radical (unpaired) electrons. The van der Waals surface area contributed by atoms with Gasteiger partial charge in [0.05, 0.1) is 6.10 Å². The Balaban J connectivity index is 2.63. The Bertz CT molecular complexity index is 347. The fourth-order valence-corrected chi connectivity index (χ4v) is 1.98. The second-order valence-corrected chi connectivity index (χ2v) is 6.04. The van der Waals surface area contributed by atoms with Gasteiger partial charge in [-0.05, 0) is 48.8 Å². The first-order valence-electron chi connectivity index (χ1n) is 6.02. The molecule has 1 nitrogen and oxygen atoms in total. The third-order valence-corrected chi connectivity index (χ3v) is 2.89. The van der Waals surface area contributed by atoms with Crippen molar-refractivity contribution in [2.75, 3.05) is 0 Å². The lowest BCUT2D eigenvalue weighted by molar-refractivity contribution is 0.121. The van der Waals surface area contributed by atoms with Gasteiger partial charge in [-0.25, -0.2) is 0 Å². The molecule has 1 rings (SSSR count). The molecular formula is C15H24O.